The molecule has 2 rings (SSSR count). The van der Waals surface area contributed by atoms with Crippen molar-refractivity contribution in [2.75, 3.05) is 12.3 Å². The fourth-order valence-electron chi connectivity index (χ4n) is 1.85. The fraction of sp³-hybridized carbons (Fsp3) is 0.357. The van der Waals surface area contributed by atoms with Crippen molar-refractivity contribution >= 4 is 17.7 Å². The zero-order valence-electron chi connectivity index (χ0n) is 11.8. The van der Waals surface area contributed by atoms with Gasteiger partial charge >= 0.3 is 0 Å². The molecule has 1 aromatic carbocycles. The summed E-state index contributed by atoms with van der Waals surface area (Å²) in [6.07, 6.45) is 0. The summed E-state index contributed by atoms with van der Waals surface area (Å²) in [5, 5.41) is 11.3. The topological polar surface area (TPSA) is 68.0 Å². The summed E-state index contributed by atoms with van der Waals surface area (Å²) < 4.78 is 5.61. The fourth-order valence-corrected chi connectivity index (χ4v) is 2.46. The third-order valence-electron chi connectivity index (χ3n) is 2.58. The molecule has 0 bridgehead atoms. The molecule has 1 aromatic heterocycles. The number of nitrogens with one attached hydrogen (secondary N) is 1. The summed E-state index contributed by atoms with van der Waals surface area (Å²) in [4.78, 5) is 10.7. The molecule has 2 aromatic rings. The number of aromatic nitrogens is 2. The van der Waals surface area contributed by atoms with Gasteiger partial charge in [0.25, 0.3) is 5.22 Å². The average molecular weight is 291 g/mol. The lowest BCUT2D eigenvalue weighted by Gasteiger charge is -2.00. The number of carbonyl (C=O) groups is 1. The first kappa shape index (κ1) is 14.6. The van der Waals surface area contributed by atoms with Crippen LogP contribution in [0.2, 0.25) is 0 Å². The molecule has 0 fully saturated rings. The minimum Gasteiger partial charge on any atom is -0.411 e. The van der Waals surface area contributed by atoms with Crippen molar-refractivity contribution in [3.8, 4) is 11.5 Å². The number of rotatable bonds is 5. The molecule has 0 saturated heterocycles. The van der Waals surface area contributed by atoms with E-state index in [0.29, 0.717) is 23.4 Å². The number of carbonyl (C=O) groups excluding carboxylic acids is 1. The van der Waals surface area contributed by atoms with Crippen molar-refractivity contribution < 1.29 is 9.21 Å². The van der Waals surface area contributed by atoms with Crippen LogP contribution in [0.4, 0.5) is 0 Å². The van der Waals surface area contributed by atoms with Crippen LogP contribution in [0.25, 0.3) is 11.5 Å². The summed E-state index contributed by atoms with van der Waals surface area (Å²) in [6.45, 7) is 6.16. The van der Waals surface area contributed by atoms with Crippen LogP contribution in [0.15, 0.2) is 27.8 Å². The van der Waals surface area contributed by atoms with Gasteiger partial charge < -0.3 is 9.73 Å². The molecule has 0 aliphatic heterocycles. The molecule has 0 spiro atoms. The molecule has 20 heavy (non-hydrogen) atoms. The van der Waals surface area contributed by atoms with Gasteiger partial charge in [0.05, 0.1) is 0 Å². The van der Waals surface area contributed by atoms with Crippen LogP contribution in [-0.2, 0) is 4.79 Å². The maximum Gasteiger partial charge on any atom is 0.276 e. The molecule has 5 nitrogen and oxygen atoms in total. The highest BCUT2D eigenvalue weighted by molar-refractivity contribution is 7.99. The summed E-state index contributed by atoms with van der Waals surface area (Å²) in [5.41, 5.74) is 3.26. The Kier molecular flexibility index (Phi) is 4.79. The first-order valence-electron chi connectivity index (χ1n) is 6.34. The number of hydrogen-bond acceptors (Lipinski definition) is 5. The van der Waals surface area contributed by atoms with E-state index in [4.69, 9.17) is 4.42 Å². The van der Waals surface area contributed by atoms with E-state index in [1.807, 2.05) is 26.0 Å². The SMILES string of the molecule is CC(=O)NCCSc1nnc(-c2cc(C)cc(C)c2)o1. The van der Waals surface area contributed by atoms with Crippen LogP contribution in [0.5, 0.6) is 0 Å². The molecule has 1 heterocycles. The van der Waals surface area contributed by atoms with Gasteiger partial charge in [0, 0.05) is 24.8 Å². The predicted molar refractivity (Wildman–Crippen MR) is 78.6 cm³/mol. The maximum absolute atomic E-state index is 10.7. The third-order valence-corrected chi connectivity index (χ3v) is 3.40. The normalized spacial score (nSPS) is 10.6. The first-order valence-corrected chi connectivity index (χ1v) is 7.32. The summed E-state index contributed by atoms with van der Waals surface area (Å²) in [7, 11) is 0. The van der Waals surface area contributed by atoms with E-state index in [9.17, 15) is 4.79 Å². The summed E-state index contributed by atoms with van der Waals surface area (Å²) >= 11 is 1.43. The van der Waals surface area contributed by atoms with Gasteiger partial charge in [-0.15, -0.1) is 10.2 Å². The van der Waals surface area contributed by atoms with Gasteiger partial charge in [-0.3, -0.25) is 4.79 Å². The number of benzene rings is 1. The lowest BCUT2D eigenvalue weighted by molar-refractivity contribution is -0.118. The molecule has 0 unspecified atom stereocenters. The standard InChI is InChI=1S/C14H17N3O2S/c1-9-6-10(2)8-12(7-9)13-16-17-14(19-13)20-5-4-15-11(3)18/h6-8H,4-5H2,1-3H3,(H,15,18). The number of hydrogen-bond donors (Lipinski definition) is 1. The Bertz CT molecular complexity index is 590. The van der Waals surface area contributed by atoms with E-state index in [2.05, 4.69) is 21.6 Å². The second-order valence-corrected chi connectivity index (χ2v) is 5.63. The van der Waals surface area contributed by atoms with Crippen molar-refractivity contribution in [3.05, 3.63) is 29.3 Å². The van der Waals surface area contributed by atoms with Gasteiger partial charge in [-0.05, 0) is 26.0 Å². The molecule has 0 atom stereocenters. The highest BCUT2D eigenvalue weighted by Crippen LogP contribution is 2.24. The zero-order valence-corrected chi connectivity index (χ0v) is 12.6. The maximum atomic E-state index is 10.7. The second-order valence-electron chi connectivity index (χ2n) is 4.58. The van der Waals surface area contributed by atoms with Crippen molar-refractivity contribution in [2.45, 2.75) is 26.0 Å². The molecule has 0 aliphatic rings. The van der Waals surface area contributed by atoms with E-state index >= 15 is 0 Å². The van der Waals surface area contributed by atoms with E-state index in [1.54, 1.807) is 0 Å². The minimum atomic E-state index is -0.0351. The molecule has 6 heteroatoms. The monoisotopic (exact) mass is 291 g/mol. The van der Waals surface area contributed by atoms with Crippen molar-refractivity contribution in [1.29, 1.82) is 0 Å². The Balaban J connectivity index is 1.99. The minimum absolute atomic E-state index is 0.0351. The smallest absolute Gasteiger partial charge is 0.276 e. The van der Waals surface area contributed by atoms with Crippen molar-refractivity contribution in [1.82, 2.24) is 15.5 Å². The van der Waals surface area contributed by atoms with Crippen LogP contribution in [0.3, 0.4) is 0 Å². The molecule has 106 valence electrons. The predicted octanol–water partition coefficient (Wildman–Crippen LogP) is 2.58. The third kappa shape index (κ3) is 4.09. The molecule has 0 aliphatic carbocycles. The highest BCUT2D eigenvalue weighted by Gasteiger charge is 2.09. The van der Waals surface area contributed by atoms with Crippen molar-refractivity contribution in [3.63, 3.8) is 0 Å². The number of aryl methyl sites for hydroxylation is 2. The highest BCUT2D eigenvalue weighted by atomic mass is 32.2. The van der Waals surface area contributed by atoms with E-state index in [-0.39, 0.29) is 5.91 Å². The summed E-state index contributed by atoms with van der Waals surface area (Å²) in [5.74, 6) is 1.19. The van der Waals surface area contributed by atoms with Crippen LogP contribution in [-0.4, -0.2) is 28.4 Å². The Labute approximate surface area is 122 Å². The largest absolute Gasteiger partial charge is 0.411 e. The quantitative estimate of drug-likeness (QED) is 0.677. The van der Waals surface area contributed by atoms with Gasteiger partial charge in [-0.25, -0.2) is 0 Å². The Hall–Kier alpha value is -1.82. The molecule has 0 saturated carbocycles. The number of nitrogens with zero attached hydrogens (tertiary/aromatic N) is 2. The zero-order chi connectivity index (χ0) is 14.5. The average Bonchev–Trinajstić information content (AvgIpc) is 2.82. The molecule has 1 amide bonds. The molecular weight excluding hydrogens is 274 g/mol. The van der Waals surface area contributed by atoms with E-state index in [0.717, 1.165) is 16.7 Å². The van der Waals surface area contributed by atoms with Crippen LogP contribution in [0.1, 0.15) is 18.1 Å². The lowest BCUT2D eigenvalue weighted by atomic mass is 10.1. The van der Waals surface area contributed by atoms with Crippen molar-refractivity contribution in [2.24, 2.45) is 0 Å². The van der Waals surface area contributed by atoms with Gasteiger partial charge in [0.1, 0.15) is 0 Å². The van der Waals surface area contributed by atoms with Crippen LogP contribution in [0, 0.1) is 13.8 Å². The van der Waals surface area contributed by atoms with Crippen LogP contribution < -0.4 is 5.32 Å². The molecule has 1 N–H and O–H groups in total. The second kappa shape index (κ2) is 6.56. The van der Waals surface area contributed by atoms with Crippen LogP contribution >= 0.6 is 11.8 Å². The van der Waals surface area contributed by atoms with Gasteiger partial charge in [-0.2, -0.15) is 0 Å². The van der Waals surface area contributed by atoms with Gasteiger partial charge in [-0.1, -0.05) is 29.0 Å². The first-order chi connectivity index (χ1) is 9.54. The van der Waals surface area contributed by atoms with E-state index in [1.165, 1.54) is 18.7 Å². The van der Waals surface area contributed by atoms with E-state index < -0.39 is 0 Å². The van der Waals surface area contributed by atoms with Gasteiger partial charge in [0.2, 0.25) is 11.8 Å². The lowest BCUT2D eigenvalue weighted by Crippen LogP contribution is -2.22. The Morgan fingerprint density at radius 1 is 1.25 bits per heavy atom. The number of thioether (sulfide) groups is 1. The summed E-state index contributed by atoms with van der Waals surface area (Å²) in [6, 6.07) is 6.14. The van der Waals surface area contributed by atoms with Gasteiger partial charge in [0.15, 0.2) is 0 Å². The molecular formula is C14H17N3O2S. The Morgan fingerprint density at radius 2 is 1.95 bits per heavy atom. The number of amides is 1. The molecule has 0 radical (unpaired) electrons. The Morgan fingerprint density at radius 3 is 2.60 bits per heavy atom.